The van der Waals surface area contributed by atoms with Gasteiger partial charge in [-0.05, 0) is 61.7 Å². The molecule has 3 rings (SSSR count). The fraction of sp³-hybridized carbons (Fsp3) is 0.318. The lowest BCUT2D eigenvalue weighted by atomic mass is 9.73. The van der Waals surface area contributed by atoms with Crippen molar-refractivity contribution >= 4 is 11.6 Å². The Hall–Kier alpha value is -2.73. The SMILES string of the molecule is CC#Cc1cc(C)c(C2C(=O)CC(c3ccccn3)CC2=O)c(C)c1. The number of aryl methyl sites for hydroxylation is 2. The molecule has 1 fully saturated rings. The molecule has 1 saturated carbocycles. The molecule has 1 aromatic carbocycles. The van der Waals surface area contributed by atoms with Gasteiger partial charge >= 0.3 is 0 Å². The molecule has 0 atom stereocenters. The molecular weight excluding hydrogens is 310 g/mol. The Bertz CT molecular complexity index is 846. The van der Waals surface area contributed by atoms with E-state index in [1.54, 1.807) is 13.1 Å². The van der Waals surface area contributed by atoms with E-state index in [0.717, 1.165) is 27.9 Å². The standard InChI is InChI=1S/C22H21NO2/c1-4-7-16-10-14(2)21(15(3)11-16)22-19(24)12-17(13-20(22)25)18-8-5-6-9-23-18/h5-6,8-11,17,22H,12-13H2,1-3H3. The largest absolute Gasteiger partial charge is 0.298 e. The molecule has 1 aliphatic carbocycles. The van der Waals surface area contributed by atoms with E-state index >= 15 is 0 Å². The van der Waals surface area contributed by atoms with Crippen LogP contribution in [0.3, 0.4) is 0 Å². The van der Waals surface area contributed by atoms with Gasteiger partial charge in [0.1, 0.15) is 17.5 Å². The molecule has 1 aromatic heterocycles. The minimum absolute atomic E-state index is 0.00701. The molecule has 1 heterocycles. The Balaban J connectivity index is 1.93. The van der Waals surface area contributed by atoms with Gasteiger partial charge < -0.3 is 0 Å². The zero-order chi connectivity index (χ0) is 18.0. The molecule has 25 heavy (non-hydrogen) atoms. The van der Waals surface area contributed by atoms with E-state index in [0.29, 0.717) is 12.8 Å². The molecule has 0 N–H and O–H groups in total. The Labute approximate surface area is 148 Å². The lowest BCUT2D eigenvalue weighted by molar-refractivity contribution is -0.132. The van der Waals surface area contributed by atoms with Crippen LogP contribution in [0.25, 0.3) is 0 Å². The third-order valence-corrected chi connectivity index (χ3v) is 4.80. The number of hydrogen-bond acceptors (Lipinski definition) is 3. The molecule has 0 radical (unpaired) electrons. The summed E-state index contributed by atoms with van der Waals surface area (Å²) in [5.74, 6) is 5.16. The van der Waals surface area contributed by atoms with Gasteiger partial charge in [0.05, 0.1) is 0 Å². The first-order valence-electron chi connectivity index (χ1n) is 8.51. The van der Waals surface area contributed by atoms with E-state index in [1.807, 2.05) is 44.2 Å². The predicted octanol–water partition coefficient (Wildman–Crippen LogP) is 3.87. The Kier molecular flexibility index (Phi) is 4.81. The van der Waals surface area contributed by atoms with Crippen LogP contribution in [0.5, 0.6) is 0 Å². The van der Waals surface area contributed by atoms with Gasteiger partial charge in [-0.2, -0.15) is 0 Å². The molecular formula is C22H21NO2. The molecule has 126 valence electrons. The maximum absolute atomic E-state index is 12.8. The minimum Gasteiger partial charge on any atom is -0.298 e. The highest BCUT2D eigenvalue weighted by Crippen LogP contribution is 2.37. The lowest BCUT2D eigenvalue weighted by Crippen LogP contribution is -2.32. The van der Waals surface area contributed by atoms with Crippen LogP contribution in [0.2, 0.25) is 0 Å². The van der Waals surface area contributed by atoms with Crippen molar-refractivity contribution < 1.29 is 9.59 Å². The van der Waals surface area contributed by atoms with Crippen LogP contribution in [-0.2, 0) is 9.59 Å². The fourth-order valence-corrected chi connectivity index (χ4v) is 3.77. The van der Waals surface area contributed by atoms with E-state index in [2.05, 4.69) is 16.8 Å². The number of carbonyl (C=O) groups is 2. The second-order valence-electron chi connectivity index (χ2n) is 6.62. The number of rotatable bonds is 2. The highest BCUT2D eigenvalue weighted by molar-refractivity contribution is 6.10. The summed E-state index contributed by atoms with van der Waals surface area (Å²) in [6.07, 6.45) is 2.43. The molecule has 0 unspecified atom stereocenters. The maximum Gasteiger partial charge on any atom is 0.148 e. The van der Waals surface area contributed by atoms with E-state index < -0.39 is 5.92 Å². The van der Waals surface area contributed by atoms with Gasteiger partial charge in [-0.15, -0.1) is 5.92 Å². The van der Waals surface area contributed by atoms with Crippen LogP contribution in [0.4, 0.5) is 0 Å². The summed E-state index contributed by atoms with van der Waals surface area (Å²) in [6, 6.07) is 9.55. The number of ketones is 2. The lowest BCUT2D eigenvalue weighted by Gasteiger charge is -2.28. The second kappa shape index (κ2) is 7.03. The van der Waals surface area contributed by atoms with Gasteiger partial charge in [0.25, 0.3) is 0 Å². The van der Waals surface area contributed by atoms with E-state index in [9.17, 15) is 9.59 Å². The normalized spacial score (nSPS) is 20.1. The first-order chi connectivity index (χ1) is 12.0. The van der Waals surface area contributed by atoms with E-state index in [-0.39, 0.29) is 17.5 Å². The number of pyridine rings is 1. The third kappa shape index (κ3) is 3.39. The van der Waals surface area contributed by atoms with Crippen molar-refractivity contribution in [3.63, 3.8) is 0 Å². The molecule has 0 saturated heterocycles. The number of Topliss-reactive ketones (excluding diaryl/α,β-unsaturated/α-hetero) is 2. The third-order valence-electron chi connectivity index (χ3n) is 4.80. The molecule has 0 aliphatic heterocycles. The Morgan fingerprint density at radius 1 is 1.04 bits per heavy atom. The Morgan fingerprint density at radius 3 is 2.20 bits per heavy atom. The topological polar surface area (TPSA) is 47.0 Å². The molecule has 0 spiro atoms. The summed E-state index contributed by atoms with van der Waals surface area (Å²) in [4.78, 5) is 30.0. The van der Waals surface area contributed by atoms with Crippen LogP contribution in [0, 0.1) is 25.7 Å². The number of benzene rings is 1. The van der Waals surface area contributed by atoms with Crippen molar-refractivity contribution in [1.29, 1.82) is 0 Å². The van der Waals surface area contributed by atoms with Crippen LogP contribution in [0.1, 0.15) is 59.5 Å². The predicted molar refractivity (Wildman–Crippen MR) is 97.4 cm³/mol. The highest BCUT2D eigenvalue weighted by atomic mass is 16.2. The summed E-state index contributed by atoms with van der Waals surface area (Å²) >= 11 is 0. The molecule has 0 amide bonds. The smallest absolute Gasteiger partial charge is 0.148 e. The Morgan fingerprint density at radius 2 is 1.68 bits per heavy atom. The van der Waals surface area contributed by atoms with Gasteiger partial charge in [0.15, 0.2) is 0 Å². The van der Waals surface area contributed by atoms with Crippen molar-refractivity contribution in [2.75, 3.05) is 0 Å². The molecule has 0 bridgehead atoms. The van der Waals surface area contributed by atoms with Gasteiger partial charge in [0, 0.05) is 36.2 Å². The highest BCUT2D eigenvalue weighted by Gasteiger charge is 2.38. The van der Waals surface area contributed by atoms with Gasteiger partial charge in [-0.1, -0.05) is 12.0 Å². The minimum atomic E-state index is -0.649. The number of nitrogens with zero attached hydrogens (tertiary/aromatic N) is 1. The van der Waals surface area contributed by atoms with Gasteiger partial charge in [-0.3, -0.25) is 14.6 Å². The summed E-state index contributed by atoms with van der Waals surface area (Å²) < 4.78 is 0. The van der Waals surface area contributed by atoms with Crippen molar-refractivity contribution in [2.45, 2.75) is 45.4 Å². The zero-order valence-corrected chi connectivity index (χ0v) is 14.8. The summed E-state index contributed by atoms with van der Waals surface area (Å²) in [5, 5.41) is 0. The van der Waals surface area contributed by atoms with Gasteiger partial charge in [0.2, 0.25) is 0 Å². The van der Waals surface area contributed by atoms with Crippen molar-refractivity contribution in [3.8, 4) is 11.8 Å². The molecule has 3 nitrogen and oxygen atoms in total. The summed E-state index contributed by atoms with van der Waals surface area (Å²) in [6.45, 7) is 5.70. The number of hydrogen-bond donors (Lipinski definition) is 0. The second-order valence-corrected chi connectivity index (χ2v) is 6.62. The molecule has 3 heteroatoms. The van der Waals surface area contributed by atoms with E-state index in [1.165, 1.54) is 0 Å². The molecule has 2 aromatic rings. The zero-order valence-electron chi connectivity index (χ0n) is 14.8. The van der Waals surface area contributed by atoms with Crippen molar-refractivity contribution in [1.82, 2.24) is 4.98 Å². The number of carbonyl (C=O) groups excluding carboxylic acids is 2. The maximum atomic E-state index is 12.8. The summed E-state index contributed by atoms with van der Waals surface area (Å²) in [7, 11) is 0. The summed E-state index contributed by atoms with van der Waals surface area (Å²) in [5.41, 5.74) is 4.52. The van der Waals surface area contributed by atoms with Crippen molar-refractivity contribution in [2.24, 2.45) is 0 Å². The van der Waals surface area contributed by atoms with E-state index in [4.69, 9.17) is 0 Å². The first kappa shape index (κ1) is 17.1. The van der Waals surface area contributed by atoms with Crippen LogP contribution in [0.15, 0.2) is 36.5 Å². The van der Waals surface area contributed by atoms with Gasteiger partial charge in [-0.25, -0.2) is 0 Å². The van der Waals surface area contributed by atoms with Crippen LogP contribution >= 0.6 is 0 Å². The number of aromatic nitrogens is 1. The average Bonchev–Trinajstić information content (AvgIpc) is 2.57. The van der Waals surface area contributed by atoms with Crippen molar-refractivity contribution in [3.05, 3.63) is 64.5 Å². The van der Waals surface area contributed by atoms with Crippen LogP contribution < -0.4 is 0 Å². The fourth-order valence-electron chi connectivity index (χ4n) is 3.77. The quantitative estimate of drug-likeness (QED) is 0.620. The monoisotopic (exact) mass is 331 g/mol. The molecule has 1 aliphatic rings. The average molecular weight is 331 g/mol. The first-order valence-corrected chi connectivity index (χ1v) is 8.51. The van der Waals surface area contributed by atoms with Crippen LogP contribution in [-0.4, -0.2) is 16.6 Å².